The van der Waals surface area contributed by atoms with Gasteiger partial charge in [0.15, 0.2) is 0 Å². The minimum absolute atomic E-state index is 0.0266. The van der Waals surface area contributed by atoms with E-state index in [4.69, 9.17) is 5.41 Å². The van der Waals surface area contributed by atoms with Crippen LogP contribution in [0.2, 0.25) is 0 Å². The van der Waals surface area contributed by atoms with Crippen molar-refractivity contribution < 1.29 is 5.21 Å². The first-order valence-corrected chi connectivity index (χ1v) is 7.39. The van der Waals surface area contributed by atoms with Gasteiger partial charge in [-0.1, -0.05) is 42.0 Å². The highest BCUT2D eigenvalue weighted by molar-refractivity contribution is 5.98. The minimum atomic E-state index is -0.0266. The number of anilines is 1. The molecular formula is C18H20N2O. The monoisotopic (exact) mass is 280 g/mol. The molecule has 0 saturated carbocycles. The predicted octanol–water partition coefficient (Wildman–Crippen LogP) is 4.29. The number of hydrogen-bond acceptors (Lipinski definition) is 2. The fourth-order valence-corrected chi connectivity index (χ4v) is 3.01. The molecule has 0 fully saturated rings. The second kappa shape index (κ2) is 5.70. The summed E-state index contributed by atoms with van der Waals surface area (Å²) in [5.74, 6) is 0.229. The number of aryl methyl sites for hydroxylation is 2. The van der Waals surface area contributed by atoms with Gasteiger partial charge in [0.05, 0.1) is 5.69 Å². The maximum absolute atomic E-state index is 10.4. The van der Waals surface area contributed by atoms with Gasteiger partial charge in [-0.15, -0.1) is 0 Å². The molecule has 3 nitrogen and oxygen atoms in total. The van der Waals surface area contributed by atoms with E-state index >= 15 is 0 Å². The van der Waals surface area contributed by atoms with Crippen molar-refractivity contribution in [1.29, 1.82) is 5.41 Å². The van der Waals surface area contributed by atoms with E-state index in [-0.39, 0.29) is 11.8 Å². The fourth-order valence-electron chi connectivity index (χ4n) is 3.01. The van der Waals surface area contributed by atoms with Gasteiger partial charge in [-0.05, 0) is 49.4 Å². The molecule has 0 saturated heterocycles. The van der Waals surface area contributed by atoms with Crippen molar-refractivity contribution in [2.75, 3.05) is 5.06 Å². The van der Waals surface area contributed by atoms with Crippen LogP contribution in [0.1, 0.15) is 35.4 Å². The Morgan fingerprint density at radius 3 is 2.62 bits per heavy atom. The first-order chi connectivity index (χ1) is 10.2. The van der Waals surface area contributed by atoms with Gasteiger partial charge < -0.3 is 0 Å². The molecule has 0 spiro atoms. The second-order valence-electron chi connectivity index (χ2n) is 5.68. The van der Waals surface area contributed by atoms with Gasteiger partial charge in [-0.25, -0.2) is 5.06 Å². The number of benzene rings is 2. The predicted molar refractivity (Wildman–Crippen MR) is 85.3 cm³/mol. The van der Waals surface area contributed by atoms with E-state index in [2.05, 4.69) is 12.1 Å². The number of nitrogens with one attached hydrogen (secondary N) is 1. The maximum atomic E-state index is 10.4. The molecule has 0 heterocycles. The molecule has 0 aliphatic heterocycles. The Morgan fingerprint density at radius 1 is 1.14 bits per heavy atom. The van der Waals surface area contributed by atoms with Crippen LogP contribution in [0, 0.1) is 12.3 Å². The summed E-state index contributed by atoms with van der Waals surface area (Å²) in [5, 5.41) is 19.8. The number of rotatable bonds is 2. The van der Waals surface area contributed by atoms with Crippen LogP contribution in [-0.4, -0.2) is 11.0 Å². The Bertz CT molecular complexity index is 649. The van der Waals surface area contributed by atoms with Crippen LogP contribution in [0.4, 0.5) is 5.69 Å². The highest BCUT2D eigenvalue weighted by Gasteiger charge is 2.27. The lowest BCUT2D eigenvalue weighted by atomic mass is 9.82. The lowest BCUT2D eigenvalue weighted by molar-refractivity contribution is 0.305. The van der Waals surface area contributed by atoms with Crippen molar-refractivity contribution in [2.45, 2.75) is 32.1 Å². The Balaban J connectivity index is 1.87. The SMILES string of the molecule is Cc1ccc(N(O)C(=N)C2CCCc3ccccc32)cc1. The van der Waals surface area contributed by atoms with E-state index in [1.807, 2.05) is 43.3 Å². The first kappa shape index (κ1) is 13.8. The molecule has 1 atom stereocenters. The molecule has 1 aliphatic carbocycles. The molecular weight excluding hydrogens is 260 g/mol. The van der Waals surface area contributed by atoms with E-state index in [0.29, 0.717) is 5.69 Å². The van der Waals surface area contributed by atoms with Gasteiger partial charge >= 0.3 is 0 Å². The summed E-state index contributed by atoms with van der Waals surface area (Å²) < 4.78 is 0. The Morgan fingerprint density at radius 2 is 1.86 bits per heavy atom. The second-order valence-corrected chi connectivity index (χ2v) is 5.68. The summed E-state index contributed by atoms with van der Waals surface area (Å²) in [6.45, 7) is 2.01. The van der Waals surface area contributed by atoms with Crippen LogP contribution in [0.15, 0.2) is 48.5 Å². The molecule has 108 valence electrons. The molecule has 2 aromatic rings. The first-order valence-electron chi connectivity index (χ1n) is 7.39. The quantitative estimate of drug-likeness (QED) is 0.490. The lowest BCUT2D eigenvalue weighted by Gasteiger charge is -2.29. The van der Waals surface area contributed by atoms with Crippen LogP contribution < -0.4 is 5.06 Å². The summed E-state index contributed by atoms with van der Waals surface area (Å²) in [7, 11) is 0. The van der Waals surface area contributed by atoms with Crippen LogP contribution in [0.25, 0.3) is 0 Å². The number of nitrogens with zero attached hydrogens (tertiary/aromatic N) is 1. The van der Waals surface area contributed by atoms with Gasteiger partial charge in [0, 0.05) is 5.92 Å². The summed E-state index contributed by atoms with van der Waals surface area (Å²) >= 11 is 0. The molecule has 0 amide bonds. The van der Waals surface area contributed by atoms with Crippen molar-refractivity contribution in [2.24, 2.45) is 0 Å². The topological polar surface area (TPSA) is 47.3 Å². The molecule has 3 rings (SSSR count). The molecule has 1 aliphatic rings. The van der Waals surface area contributed by atoms with Crippen molar-refractivity contribution in [3.05, 3.63) is 65.2 Å². The van der Waals surface area contributed by atoms with Crippen LogP contribution in [0.5, 0.6) is 0 Å². The van der Waals surface area contributed by atoms with Crippen LogP contribution in [-0.2, 0) is 6.42 Å². The zero-order chi connectivity index (χ0) is 14.8. The van der Waals surface area contributed by atoms with Crippen LogP contribution >= 0.6 is 0 Å². The third-order valence-corrected chi connectivity index (χ3v) is 4.21. The van der Waals surface area contributed by atoms with Crippen molar-refractivity contribution in [3.8, 4) is 0 Å². The lowest BCUT2D eigenvalue weighted by Crippen LogP contribution is -2.33. The number of hydroxylamine groups is 1. The molecule has 2 N–H and O–H groups in total. The summed E-state index contributed by atoms with van der Waals surface area (Å²) in [5.41, 5.74) is 4.27. The molecule has 0 bridgehead atoms. The minimum Gasteiger partial charge on any atom is -0.286 e. The summed E-state index contributed by atoms with van der Waals surface area (Å²) in [6, 6.07) is 15.8. The van der Waals surface area contributed by atoms with E-state index in [1.54, 1.807) is 0 Å². The smallest absolute Gasteiger partial charge is 0.134 e. The Labute approximate surface area is 125 Å². The van der Waals surface area contributed by atoms with Crippen LogP contribution in [0.3, 0.4) is 0 Å². The average molecular weight is 280 g/mol. The van der Waals surface area contributed by atoms with E-state index < -0.39 is 0 Å². The van der Waals surface area contributed by atoms with Gasteiger partial charge in [0.2, 0.25) is 0 Å². The Kier molecular flexibility index (Phi) is 3.76. The molecule has 0 aromatic heterocycles. The highest BCUT2D eigenvalue weighted by atomic mass is 16.5. The maximum Gasteiger partial charge on any atom is 0.134 e. The highest BCUT2D eigenvalue weighted by Crippen LogP contribution is 2.33. The zero-order valence-corrected chi connectivity index (χ0v) is 12.2. The number of fused-ring (bicyclic) bond motifs is 1. The zero-order valence-electron chi connectivity index (χ0n) is 12.2. The van der Waals surface area contributed by atoms with Crippen molar-refractivity contribution >= 4 is 11.5 Å². The molecule has 3 heteroatoms. The van der Waals surface area contributed by atoms with E-state index in [0.717, 1.165) is 29.9 Å². The number of amidine groups is 1. The van der Waals surface area contributed by atoms with Gasteiger partial charge in [0.1, 0.15) is 5.84 Å². The fraction of sp³-hybridized carbons (Fsp3) is 0.278. The number of hydrogen-bond donors (Lipinski definition) is 2. The normalized spacial score (nSPS) is 17.1. The van der Waals surface area contributed by atoms with E-state index in [1.165, 1.54) is 11.1 Å². The molecule has 0 radical (unpaired) electrons. The Hall–Kier alpha value is -2.13. The molecule has 1 unspecified atom stereocenters. The summed E-state index contributed by atoms with van der Waals surface area (Å²) in [4.78, 5) is 0. The van der Waals surface area contributed by atoms with Gasteiger partial charge in [-0.2, -0.15) is 0 Å². The molecule has 2 aromatic carbocycles. The summed E-state index contributed by atoms with van der Waals surface area (Å²) in [6.07, 6.45) is 3.04. The van der Waals surface area contributed by atoms with Gasteiger partial charge in [0.25, 0.3) is 0 Å². The third kappa shape index (κ3) is 2.69. The molecule has 21 heavy (non-hydrogen) atoms. The van der Waals surface area contributed by atoms with Gasteiger partial charge in [-0.3, -0.25) is 10.6 Å². The average Bonchev–Trinajstić information content (AvgIpc) is 2.53. The standard InChI is InChI=1S/C18H20N2O/c1-13-9-11-15(12-10-13)20(21)18(19)17-8-4-6-14-5-2-3-7-16(14)17/h2-3,5,7,9-12,17,19,21H,4,6,8H2,1H3. The van der Waals surface area contributed by atoms with Crippen molar-refractivity contribution in [1.82, 2.24) is 0 Å². The third-order valence-electron chi connectivity index (χ3n) is 4.21. The van der Waals surface area contributed by atoms with E-state index in [9.17, 15) is 5.21 Å². The largest absolute Gasteiger partial charge is 0.286 e. The van der Waals surface area contributed by atoms with Crippen molar-refractivity contribution in [3.63, 3.8) is 0 Å².